The molecule has 12 nitrogen and oxygen atoms in total. The summed E-state index contributed by atoms with van der Waals surface area (Å²) in [7, 11) is -8.11. The molecule has 4 N–H and O–H groups in total. The molecule has 2 aromatic rings. The lowest BCUT2D eigenvalue weighted by Crippen LogP contribution is -2.39. The molecule has 0 aliphatic rings. The first kappa shape index (κ1) is 25.3. The number of carbonyl (C=O) groups is 2. The zero-order valence-electron chi connectivity index (χ0n) is 17.6. The number of nitrogens with one attached hydrogen (secondary N) is 4. The molecule has 0 aromatic carbocycles. The predicted molar refractivity (Wildman–Crippen MR) is 113 cm³/mol. The molecule has 0 spiro atoms. The van der Waals surface area contributed by atoms with Crippen LogP contribution in [0, 0.1) is 13.8 Å². The number of hydrogen-bond donors (Lipinski definition) is 4. The first-order valence-corrected chi connectivity index (χ1v) is 12.7. The highest BCUT2D eigenvalue weighted by molar-refractivity contribution is 7.90. The predicted octanol–water partition coefficient (Wildman–Crippen LogP) is 1.73. The van der Waals surface area contributed by atoms with Gasteiger partial charge in [-0.3, -0.25) is 0 Å². The van der Waals surface area contributed by atoms with Crippen LogP contribution in [0.4, 0.5) is 9.59 Å². The number of unbranched alkanes of at least 4 members (excludes halogenated alkanes) is 3. The van der Waals surface area contributed by atoms with Gasteiger partial charge in [-0.25, -0.2) is 19.0 Å². The van der Waals surface area contributed by atoms with Crippen molar-refractivity contribution in [3.05, 3.63) is 35.8 Å². The number of sulfonamides is 2. The van der Waals surface area contributed by atoms with E-state index in [9.17, 15) is 26.4 Å². The van der Waals surface area contributed by atoms with Crippen molar-refractivity contribution in [1.29, 1.82) is 0 Å². The summed E-state index contributed by atoms with van der Waals surface area (Å²) in [6.45, 7) is 3.69. The fourth-order valence-electron chi connectivity index (χ4n) is 2.54. The standard InChI is InChI=1S/C18H26N4O8S2/c1-13-7-9-15(29-13)31(25,26)21-17(23)19-11-5-3-4-6-12-20-18(24)22-32(27,28)16-10-8-14(2)30-16/h7-10H,3-6,11-12H2,1-2H3,(H2,19,21,23)(H2,20,22,24). The van der Waals surface area contributed by atoms with Gasteiger partial charge in [0.2, 0.25) is 10.2 Å². The monoisotopic (exact) mass is 490 g/mol. The fraction of sp³-hybridized carbons (Fsp3) is 0.444. The third-order valence-electron chi connectivity index (χ3n) is 4.09. The van der Waals surface area contributed by atoms with Gasteiger partial charge in [-0.2, -0.15) is 16.8 Å². The minimum absolute atomic E-state index is 0.257. The van der Waals surface area contributed by atoms with Crippen LogP contribution in [0.1, 0.15) is 37.2 Å². The Kier molecular flexibility index (Phi) is 8.72. The van der Waals surface area contributed by atoms with E-state index in [1.807, 2.05) is 9.44 Å². The van der Waals surface area contributed by atoms with Crippen LogP contribution in [0.3, 0.4) is 0 Å². The number of rotatable bonds is 11. The van der Waals surface area contributed by atoms with Gasteiger partial charge in [0.05, 0.1) is 0 Å². The molecule has 0 bridgehead atoms. The summed E-state index contributed by atoms with van der Waals surface area (Å²) in [5, 5.41) is 4.20. The Bertz CT molecular complexity index is 1050. The number of furan rings is 2. The summed E-state index contributed by atoms with van der Waals surface area (Å²) >= 11 is 0. The molecule has 0 aliphatic heterocycles. The van der Waals surface area contributed by atoms with Crippen LogP contribution in [0.2, 0.25) is 0 Å². The zero-order chi connectivity index (χ0) is 23.8. The fourth-order valence-corrected chi connectivity index (χ4v) is 4.35. The molecule has 2 rings (SSSR count). The van der Waals surface area contributed by atoms with Gasteiger partial charge in [0.25, 0.3) is 20.0 Å². The second kappa shape index (κ2) is 11.0. The average Bonchev–Trinajstić information content (AvgIpc) is 3.32. The first-order chi connectivity index (χ1) is 15.0. The largest absolute Gasteiger partial charge is 0.448 e. The van der Waals surface area contributed by atoms with Crippen LogP contribution in [0.25, 0.3) is 0 Å². The van der Waals surface area contributed by atoms with Crippen LogP contribution in [0.15, 0.2) is 43.3 Å². The topological polar surface area (TPSA) is 177 Å². The zero-order valence-corrected chi connectivity index (χ0v) is 19.3. The summed E-state index contributed by atoms with van der Waals surface area (Å²) in [5.74, 6) is 0.818. The lowest BCUT2D eigenvalue weighted by atomic mass is 10.2. The third-order valence-corrected chi connectivity index (χ3v) is 6.50. The van der Waals surface area contributed by atoms with Gasteiger partial charge in [0, 0.05) is 13.1 Å². The molecule has 2 aromatic heterocycles. The van der Waals surface area contributed by atoms with E-state index in [4.69, 9.17) is 8.83 Å². The SMILES string of the molecule is Cc1ccc(S(=O)(=O)NC(=O)NCCCCCCNC(=O)NS(=O)(=O)c2ccc(C)o2)o1. The van der Waals surface area contributed by atoms with Crippen molar-refractivity contribution in [2.45, 2.75) is 49.7 Å². The third kappa shape index (κ3) is 7.92. The maximum atomic E-state index is 11.9. The Balaban J connectivity index is 1.55. The minimum atomic E-state index is -4.05. The number of urea groups is 2. The highest BCUT2D eigenvalue weighted by Crippen LogP contribution is 2.13. The Morgan fingerprint density at radius 2 is 1.06 bits per heavy atom. The molecule has 0 saturated heterocycles. The van der Waals surface area contributed by atoms with Crippen molar-refractivity contribution in [2.75, 3.05) is 13.1 Å². The van der Waals surface area contributed by atoms with Crippen molar-refractivity contribution in [1.82, 2.24) is 20.1 Å². The van der Waals surface area contributed by atoms with Crippen molar-refractivity contribution >= 4 is 32.1 Å². The van der Waals surface area contributed by atoms with E-state index >= 15 is 0 Å². The van der Waals surface area contributed by atoms with E-state index < -0.39 is 32.1 Å². The smallest absolute Gasteiger partial charge is 0.328 e. The van der Waals surface area contributed by atoms with Crippen molar-refractivity contribution in [2.24, 2.45) is 0 Å². The van der Waals surface area contributed by atoms with E-state index in [1.54, 1.807) is 13.8 Å². The van der Waals surface area contributed by atoms with Gasteiger partial charge < -0.3 is 19.5 Å². The summed E-state index contributed by atoms with van der Waals surface area (Å²) in [5.41, 5.74) is 0. The number of hydrogen-bond acceptors (Lipinski definition) is 8. The van der Waals surface area contributed by atoms with E-state index in [2.05, 4.69) is 10.6 Å². The van der Waals surface area contributed by atoms with Crippen LogP contribution >= 0.6 is 0 Å². The normalized spacial score (nSPS) is 11.7. The van der Waals surface area contributed by atoms with Gasteiger partial charge >= 0.3 is 12.1 Å². The minimum Gasteiger partial charge on any atom is -0.448 e. The Morgan fingerprint density at radius 1 is 0.688 bits per heavy atom. The number of amides is 4. The average molecular weight is 491 g/mol. The van der Waals surface area contributed by atoms with Crippen molar-refractivity contribution in [3.63, 3.8) is 0 Å². The summed E-state index contributed by atoms with van der Waals surface area (Å²) in [4.78, 5) is 23.4. The second-order valence-electron chi connectivity index (χ2n) is 6.87. The molecule has 0 atom stereocenters. The Hall–Kier alpha value is -3.00. The van der Waals surface area contributed by atoms with E-state index in [1.165, 1.54) is 24.3 Å². The molecule has 0 saturated carbocycles. The molecule has 0 radical (unpaired) electrons. The molecule has 2 heterocycles. The van der Waals surface area contributed by atoms with Gasteiger partial charge in [0.15, 0.2) is 0 Å². The lowest BCUT2D eigenvalue weighted by molar-refractivity contribution is 0.244. The molecule has 0 fully saturated rings. The summed E-state index contributed by atoms with van der Waals surface area (Å²) in [6.07, 6.45) is 2.59. The molecule has 0 unspecified atom stereocenters. The quantitative estimate of drug-likeness (QED) is 0.344. The Morgan fingerprint density at radius 3 is 1.38 bits per heavy atom. The van der Waals surface area contributed by atoms with Gasteiger partial charge in [0.1, 0.15) is 11.5 Å². The first-order valence-electron chi connectivity index (χ1n) is 9.74. The molecular formula is C18H26N4O8S2. The van der Waals surface area contributed by atoms with Crippen LogP contribution in [-0.2, 0) is 20.0 Å². The summed E-state index contributed by atoms with van der Waals surface area (Å²) in [6, 6.07) is 3.75. The number of aryl methyl sites for hydroxylation is 2. The van der Waals surface area contributed by atoms with Crippen LogP contribution < -0.4 is 20.1 Å². The van der Waals surface area contributed by atoms with Crippen molar-refractivity contribution < 1.29 is 35.3 Å². The molecule has 0 aliphatic carbocycles. The Labute approximate surface area is 186 Å². The maximum Gasteiger partial charge on any atom is 0.328 e. The lowest BCUT2D eigenvalue weighted by Gasteiger charge is -2.08. The second-order valence-corrected chi connectivity index (χ2v) is 10.1. The molecule has 178 valence electrons. The molecule has 32 heavy (non-hydrogen) atoms. The highest BCUT2D eigenvalue weighted by atomic mass is 32.2. The molecular weight excluding hydrogens is 464 g/mol. The van der Waals surface area contributed by atoms with Crippen LogP contribution in [0.5, 0.6) is 0 Å². The molecule has 14 heteroatoms. The maximum absolute atomic E-state index is 11.9. The van der Waals surface area contributed by atoms with Crippen molar-refractivity contribution in [3.8, 4) is 0 Å². The van der Waals surface area contributed by atoms with E-state index in [0.29, 0.717) is 37.2 Å². The summed E-state index contributed by atoms with van der Waals surface area (Å²) < 4.78 is 61.5. The molecule has 4 amide bonds. The van der Waals surface area contributed by atoms with Crippen LogP contribution in [-0.4, -0.2) is 42.0 Å². The van der Waals surface area contributed by atoms with E-state index in [-0.39, 0.29) is 23.3 Å². The highest BCUT2D eigenvalue weighted by Gasteiger charge is 2.21. The van der Waals surface area contributed by atoms with E-state index in [0.717, 1.165) is 0 Å². The van der Waals surface area contributed by atoms with Gasteiger partial charge in [-0.05, 0) is 51.0 Å². The van der Waals surface area contributed by atoms with Gasteiger partial charge in [-0.15, -0.1) is 0 Å². The number of carbonyl (C=O) groups excluding carboxylic acids is 2. The van der Waals surface area contributed by atoms with Gasteiger partial charge in [-0.1, -0.05) is 12.8 Å².